The van der Waals surface area contributed by atoms with E-state index in [4.69, 9.17) is 4.79 Å². The first-order chi connectivity index (χ1) is 9.51. The predicted octanol–water partition coefficient (Wildman–Crippen LogP) is 4.71. The van der Waals surface area contributed by atoms with Crippen molar-refractivity contribution >= 4 is 27.3 Å². The molecule has 0 aromatic rings. The van der Waals surface area contributed by atoms with Gasteiger partial charge in [-0.05, 0) is 11.6 Å². The Balaban J connectivity index is 0.000000612. The van der Waals surface area contributed by atoms with E-state index in [9.17, 15) is 0 Å². The van der Waals surface area contributed by atoms with Crippen molar-refractivity contribution in [2.45, 2.75) is 39.8 Å². The van der Waals surface area contributed by atoms with Crippen molar-refractivity contribution in [2.24, 2.45) is 0 Å². The van der Waals surface area contributed by atoms with Crippen LogP contribution in [0, 0.1) is 0 Å². The Morgan fingerprint density at radius 3 is 1.75 bits per heavy atom. The average molecular weight is 343 g/mol. The molecule has 0 heterocycles. The zero-order valence-corrected chi connectivity index (χ0v) is 16.1. The van der Waals surface area contributed by atoms with E-state index in [2.05, 4.69) is 75.0 Å². The second-order valence-electron chi connectivity index (χ2n) is 5.49. The molecule has 0 aliphatic heterocycles. The normalized spacial score (nSPS) is 15.4. The van der Waals surface area contributed by atoms with E-state index in [0.29, 0.717) is 0 Å². The van der Waals surface area contributed by atoms with Gasteiger partial charge in [0.25, 0.3) is 0 Å². The standard InChI is InChI=1S/2C5H5.C3H6.C2H6Si.CHClO.Ti/c2*1-2-4-5-3-1;2*1-3-2;2-1-3;/h2*1-3H,4H2;2*1-2H3;1H;. The number of halogens is 1. The van der Waals surface area contributed by atoms with Crippen LogP contribution in [0.3, 0.4) is 0 Å². The van der Waals surface area contributed by atoms with Gasteiger partial charge in [-0.1, -0.05) is 0 Å². The van der Waals surface area contributed by atoms with Crippen molar-refractivity contribution in [3.8, 4) is 0 Å². The van der Waals surface area contributed by atoms with Crippen LogP contribution in [0.4, 0.5) is 0 Å². The summed E-state index contributed by atoms with van der Waals surface area (Å²) in [4.78, 5) is 8.57. The van der Waals surface area contributed by atoms with E-state index < -0.39 is 14.9 Å². The monoisotopic (exact) mass is 342 g/mol. The van der Waals surface area contributed by atoms with Crippen molar-refractivity contribution < 1.29 is 19.7 Å². The first kappa shape index (κ1) is 17.8. The molecule has 4 heteroatoms. The molecule has 2 rings (SSSR count). The maximum atomic E-state index is 8.57. The van der Waals surface area contributed by atoms with Crippen LogP contribution in [0.2, 0.25) is 13.1 Å². The summed E-state index contributed by atoms with van der Waals surface area (Å²) in [5.41, 5.74) is 0. The van der Waals surface area contributed by atoms with Crippen LogP contribution in [0.1, 0.15) is 26.7 Å². The van der Waals surface area contributed by atoms with E-state index in [1.54, 1.807) is 11.6 Å². The molecule has 0 amide bonds. The van der Waals surface area contributed by atoms with Crippen LogP contribution < -0.4 is 0 Å². The molecule has 2 aliphatic rings. The number of carbonyl (C=O) groups excluding carboxylic acids is 1. The van der Waals surface area contributed by atoms with Gasteiger partial charge in [-0.3, -0.25) is 4.79 Å². The zero-order chi connectivity index (χ0) is 15.2. The van der Waals surface area contributed by atoms with Gasteiger partial charge < -0.3 is 0 Å². The molecule has 2 aliphatic carbocycles. The summed E-state index contributed by atoms with van der Waals surface area (Å²) in [7, 11) is 0. The molecule has 0 atom stereocenters. The second kappa shape index (κ2) is 8.23. The van der Waals surface area contributed by atoms with E-state index in [0.717, 1.165) is 0 Å². The molecule has 20 heavy (non-hydrogen) atoms. The number of rotatable bonds is 2. The van der Waals surface area contributed by atoms with Gasteiger partial charge in [-0.25, -0.2) is 0 Å². The fourth-order valence-corrected chi connectivity index (χ4v) is 23.0. The minimum absolute atomic E-state index is 0.222. The number of hydrogen-bond donors (Lipinski definition) is 0. The average Bonchev–Trinajstić information content (AvgIpc) is 3.02. The van der Waals surface area contributed by atoms with Crippen molar-refractivity contribution in [1.29, 1.82) is 0 Å². The van der Waals surface area contributed by atoms with E-state index >= 15 is 0 Å². The molecule has 0 fully saturated rings. The summed E-state index contributed by atoms with van der Waals surface area (Å²) in [5, 5.41) is 0. The van der Waals surface area contributed by atoms with E-state index in [1.807, 2.05) is 0 Å². The minimum Gasteiger partial charge on any atom is -0.285 e. The minimum atomic E-state index is -2.08. The van der Waals surface area contributed by atoms with Crippen LogP contribution >= 0.6 is 11.6 Å². The van der Waals surface area contributed by atoms with Gasteiger partial charge in [0.1, 0.15) is 0 Å². The number of hydrogen-bond acceptors (Lipinski definition) is 1. The molecule has 0 saturated carbocycles. The summed E-state index contributed by atoms with van der Waals surface area (Å²) < 4.78 is 5.37. The van der Waals surface area contributed by atoms with Crippen molar-refractivity contribution in [3.63, 3.8) is 0 Å². The Hall–Kier alpha value is -0.279. The fraction of sp³-hybridized carbons (Fsp3) is 0.375. The largest absolute Gasteiger partial charge is 0.285 e. The van der Waals surface area contributed by atoms with Crippen molar-refractivity contribution in [3.05, 3.63) is 44.2 Å². The third-order valence-corrected chi connectivity index (χ3v) is 23.8. The third kappa shape index (κ3) is 3.48. The molecule has 0 bridgehead atoms. The second-order valence-corrected chi connectivity index (χ2v) is 21.4. The molecule has 0 N–H and O–H groups in total. The van der Waals surface area contributed by atoms with Crippen molar-refractivity contribution in [2.75, 3.05) is 0 Å². The zero-order valence-electron chi connectivity index (χ0n) is 12.7. The van der Waals surface area contributed by atoms with E-state index in [1.165, 1.54) is 12.8 Å². The quantitative estimate of drug-likeness (QED) is 0.403. The Morgan fingerprint density at radius 1 is 1.15 bits per heavy atom. The molecule has 0 spiro atoms. The maximum absolute atomic E-state index is 8.57. The SMILES string of the molecule is C[C](C)=[Ti]([C]1=CC=CC1)([C]1=CC=CC1)=[Si](C)C.O=CCl. The molecule has 108 valence electrons. The van der Waals surface area contributed by atoms with Gasteiger partial charge in [0.05, 0.1) is 0 Å². The summed E-state index contributed by atoms with van der Waals surface area (Å²) >= 11 is 2.24. The van der Waals surface area contributed by atoms with E-state index in [-0.39, 0.29) is 11.9 Å². The third-order valence-electron chi connectivity index (χ3n) is 4.01. The number of allylic oxidation sites excluding steroid dienone is 8. The predicted molar refractivity (Wildman–Crippen MR) is 90.1 cm³/mol. The maximum Gasteiger partial charge on any atom is 0.208 e. The molecular formula is C16H23ClOSiTi. The summed E-state index contributed by atoms with van der Waals surface area (Å²) in [6.45, 7) is 9.87. The summed E-state index contributed by atoms with van der Waals surface area (Å²) in [5.74, 6) is 0.222. The molecule has 0 aromatic carbocycles. The van der Waals surface area contributed by atoms with Gasteiger partial charge in [0, 0.05) is 0 Å². The molecular weight excluding hydrogens is 320 g/mol. The Labute approximate surface area is 130 Å². The Bertz CT molecular complexity index is 563. The van der Waals surface area contributed by atoms with Gasteiger partial charge in [-0.15, -0.1) is 0 Å². The van der Waals surface area contributed by atoms with Gasteiger partial charge in [0.15, 0.2) is 0 Å². The van der Waals surface area contributed by atoms with Crippen LogP contribution in [-0.2, 0) is 19.7 Å². The topological polar surface area (TPSA) is 17.1 Å². The van der Waals surface area contributed by atoms with Crippen molar-refractivity contribution in [1.82, 2.24) is 0 Å². The van der Waals surface area contributed by atoms with Crippen LogP contribution in [0.25, 0.3) is 0 Å². The summed E-state index contributed by atoms with van der Waals surface area (Å²) in [6, 6.07) is 0. The van der Waals surface area contributed by atoms with Gasteiger partial charge in [-0.2, -0.15) is 0 Å². The first-order valence-corrected chi connectivity index (χ1v) is 14.5. The Kier molecular flexibility index (Phi) is 7.32. The molecule has 0 saturated heterocycles. The fourth-order valence-electron chi connectivity index (χ4n) is 3.44. The molecule has 0 aromatic heterocycles. The van der Waals surface area contributed by atoms with Crippen LogP contribution in [0.15, 0.2) is 44.2 Å². The van der Waals surface area contributed by atoms with Crippen LogP contribution in [-0.4, -0.2) is 15.7 Å². The Morgan fingerprint density at radius 2 is 1.55 bits per heavy atom. The molecule has 1 nitrogen and oxygen atoms in total. The van der Waals surface area contributed by atoms with Gasteiger partial charge >= 0.3 is 109 Å². The van der Waals surface area contributed by atoms with Gasteiger partial charge in [0.2, 0.25) is 5.75 Å². The summed E-state index contributed by atoms with van der Waals surface area (Å²) in [6.07, 6.45) is 16.3. The molecule has 0 radical (unpaired) electrons. The first-order valence-electron chi connectivity index (χ1n) is 6.89. The molecule has 0 unspecified atom stereocenters. The smallest absolute Gasteiger partial charge is 0.208 e. The number of carbonyl (C=O) groups is 1. The van der Waals surface area contributed by atoms with Crippen LogP contribution in [0.5, 0.6) is 0 Å².